The molecule has 1 saturated carbocycles. The minimum atomic E-state index is -0.0324. The standard InChI is InChI=1S/C25H34N6O2/c1-17-11-19-13-20(25(32)26-23(19)12-18(17)2)14-30(15-22-9-6-10-33-22)16-24-27-28-29-31(24)21-7-4-3-5-8-21/h11-13,21-22H,3-10,14-16H2,1-2H3,(H,26,32). The van der Waals surface area contributed by atoms with Gasteiger partial charge in [0, 0.05) is 30.8 Å². The number of pyridine rings is 1. The van der Waals surface area contributed by atoms with Gasteiger partial charge in [-0.2, -0.15) is 0 Å². The van der Waals surface area contributed by atoms with Crippen LogP contribution in [-0.2, 0) is 17.8 Å². The van der Waals surface area contributed by atoms with Crippen molar-refractivity contribution < 1.29 is 4.74 Å². The van der Waals surface area contributed by atoms with Gasteiger partial charge in [-0.25, -0.2) is 4.68 Å². The van der Waals surface area contributed by atoms with Crippen molar-refractivity contribution in [2.45, 2.75) is 84.0 Å². The van der Waals surface area contributed by atoms with Crippen LogP contribution in [0.25, 0.3) is 10.9 Å². The minimum absolute atomic E-state index is 0.0324. The monoisotopic (exact) mass is 450 g/mol. The molecule has 1 aliphatic heterocycles. The Kier molecular flexibility index (Phi) is 6.55. The fourth-order valence-electron chi connectivity index (χ4n) is 5.27. The zero-order valence-electron chi connectivity index (χ0n) is 19.7. The summed E-state index contributed by atoms with van der Waals surface area (Å²) in [5.74, 6) is 0.878. The van der Waals surface area contributed by atoms with E-state index in [0.29, 0.717) is 19.1 Å². The summed E-state index contributed by atoms with van der Waals surface area (Å²) in [6, 6.07) is 6.62. The third-order valence-electron chi connectivity index (χ3n) is 7.26. The van der Waals surface area contributed by atoms with Crippen LogP contribution in [0, 0.1) is 13.8 Å². The number of rotatable bonds is 7. The van der Waals surface area contributed by atoms with Crippen molar-refractivity contribution in [3.05, 3.63) is 51.1 Å². The first kappa shape index (κ1) is 22.2. The van der Waals surface area contributed by atoms with Gasteiger partial charge in [-0.15, -0.1) is 5.10 Å². The van der Waals surface area contributed by atoms with Crippen molar-refractivity contribution in [1.29, 1.82) is 0 Å². The molecular weight excluding hydrogens is 416 g/mol. The maximum Gasteiger partial charge on any atom is 0.252 e. The highest BCUT2D eigenvalue weighted by atomic mass is 16.5. The van der Waals surface area contributed by atoms with Crippen molar-refractivity contribution in [1.82, 2.24) is 30.1 Å². The van der Waals surface area contributed by atoms with Crippen LogP contribution in [0.2, 0.25) is 0 Å². The fourth-order valence-corrected chi connectivity index (χ4v) is 5.27. The molecule has 2 aliphatic rings. The molecular formula is C25H34N6O2. The molecule has 8 nitrogen and oxygen atoms in total. The zero-order chi connectivity index (χ0) is 22.8. The van der Waals surface area contributed by atoms with E-state index in [-0.39, 0.29) is 11.7 Å². The summed E-state index contributed by atoms with van der Waals surface area (Å²) < 4.78 is 7.96. The van der Waals surface area contributed by atoms with Gasteiger partial charge >= 0.3 is 0 Å². The van der Waals surface area contributed by atoms with Crippen molar-refractivity contribution >= 4 is 10.9 Å². The third kappa shape index (κ3) is 5.01. The molecule has 2 fully saturated rings. The summed E-state index contributed by atoms with van der Waals surface area (Å²) in [4.78, 5) is 18.3. The largest absolute Gasteiger partial charge is 0.377 e. The Hall–Kier alpha value is -2.58. The number of benzene rings is 1. The van der Waals surface area contributed by atoms with E-state index in [1.54, 1.807) is 0 Å². The summed E-state index contributed by atoms with van der Waals surface area (Å²) in [5, 5.41) is 13.8. The number of fused-ring (bicyclic) bond motifs is 1. The highest BCUT2D eigenvalue weighted by Crippen LogP contribution is 2.28. The van der Waals surface area contributed by atoms with Crippen LogP contribution in [-0.4, -0.2) is 49.3 Å². The second-order valence-corrected chi connectivity index (χ2v) is 9.78. The van der Waals surface area contributed by atoms with Gasteiger partial charge in [0.15, 0.2) is 5.82 Å². The highest BCUT2D eigenvalue weighted by molar-refractivity contribution is 5.80. The number of aromatic amines is 1. The molecule has 2 aromatic heterocycles. The summed E-state index contributed by atoms with van der Waals surface area (Å²) in [5.41, 5.74) is 4.03. The topological polar surface area (TPSA) is 88.9 Å². The number of hydrogen-bond acceptors (Lipinski definition) is 6. The van der Waals surface area contributed by atoms with E-state index in [2.05, 4.69) is 51.4 Å². The SMILES string of the molecule is Cc1cc2cc(CN(Cc3nnnn3C3CCCCC3)CC3CCCO3)c(=O)[nH]c2cc1C. The van der Waals surface area contributed by atoms with E-state index in [9.17, 15) is 4.79 Å². The molecule has 0 spiro atoms. The second-order valence-electron chi connectivity index (χ2n) is 9.78. The van der Waals surface area contributed by atoms with Crippen LogP contribution in [0.4, 0.5) is 0 Å². The van der Waals surface area contributed by atoms with Gasteiger partial charge in [0.25, 0.3) is 5.56 Å². The van der Waals surface area contributed by atoms with E-state index in [0.717, 1.165) is 61.1 Å². The Bertz CT molecular complexity index is 1160. The lowest BCUT2D eigenvalue weighted by Crippen LogP contribution is -2.34. The Morgan fingerprint density at radius 1 is 1.06 bits per heavy atom. The first-order chi connectivity index (χ1) is 16.1. The molecule has 0 radical (unpaired) electrons. The van der Waals surface area contributed by atoms with E-state index in [4.69, 9.17) is 4.74 Å². The molecule has 8 heteroatoms. The summed E-state index contributed by atoms with van der Waals surface area (Å²) in [6.45, 7) is 6.90. The highest BCUT2D eigenvalue weighted by Gasteiger charge is 2.25. The molecule has 3 aromatic rings. The molecule has 176 valence electrons. The molecule has 3 heterocycles. The first-order valence-electron chi connectivity index (χ1n) is 12.3. The Labute approximate surface area is 194 Å². The fraction of sp³-hybridized carbons (Fsp3) is 0.600. The van der Waals surface area contributed by atoms with Gasteiger partial charge in [-0.1, -0.05) is 19.3 Å². The number of aryl methyl sites for hydroxylation is 2. The first-order valence-corrected chi connectivity index (χ1v) is 12.3. The molecule has 0 bridgehead atoms. The Balaban J connectivity index is 1.41. The van der Waals surface area contributed by atoms with Gasteiger partial charge in [0.05, 0.1) is 18.7 Å². The van der Waals surface area contributed by atoms with Crippen molar-refractivity contribution in [3.63, 3.8) is 0 Å². The summed E-state index contributed by atoms with van der Waals surface area (Å²) in [7, 11) is 0. The minimum Gasteiger partial charge on any atom is -0.377 e. The van der Waals surface area contributed by atoms with Crippen LogP contribution < -0.4 is 5.56 Å². The van der Waals surface area contributed by atoms with Crippen LogP contribution >= 0.6 is 0 Å². The smallest absolute Gasteiger partial charge is 0.252 e. The summed E-state index contributed by atoms with van der Waals surface area (Å²) in [6.07, 6.45) is 8.35. The number of ether oxygens (including phenoxy) is 1. The predicted molar refractivity (Wildman–Crippen MR) is 127 cm³/mol. The zero-order valence-corrected chi connectivity index (χ0v) is 19.7. The Morgan fingerprint density at radius 3 is 2.67 bits per heavy atom. The molecule has 1 atom stereocenters. The molecule has 33 heavy (non-hydrogen) atoms. The number of tetrazole rings is 1. The number of nitrogens with zero attached hydrogens (tertiary/aromatic N) is 5. The lowest BCUT2D eigenvalue weighted by atomic mass is 9.95. The average Bonchev–Trinajstić information content (AvgIpc) is 3.48. The van der Waals surface area contributed by atoms with Crippen molar-refractivity contribution in [2.75, 3.05) is 13.2 Å². The number of hydrogen-bond donors (Lipinski definition) is 1. The molecule has 5 rings (SSSR count). The van der Waals surface area contributed by atoms with Crippen LogP contribution in [0.5, 0.6) is 0 Å². The second kappa shape index (κ2) is 9.73. The summed E-state index contributed by atoms with van der Waals surface area (Å²) >= 11 is 0. The van der Waals surface area contributed by atoms with Gasteiger partial charge in [0.2, 0.25) is 0 Å². The number of aromatic nitrogens is 5. The predicted octanol–water partition coefficient (Wildman–Crippen LogP) is 3.82. The van der Waals surface area contributed by atoms with Gasteiger partial charge in [-0.3, -0.25) is 9.69 Å². The van der Waals surface area contributed by atoms with Crippen molar-refractivity contribution in [3.8, 4) is 0 Å². The molecule has 0 amide bonds. The van der Waals surface area contributed by atoms with Gasteiger partial charge < -0.3 is 9.72 Å². The van der Waals surface area contributed by atoms with Gasteiger partial charge in [-0.05, 0) is 84.7 Å². The lowest BCUT2D eigenvalue weighted by Gasteiger charge is -2.27. The van der Waals surface area contributed by atoms with Crippen LogP contribution in [0.1, 0.15) is 73.5 Å². The quantitative estimate of drug-likeness (QED) is 0.589. The van der Waals surface area contributed by atoms with Gasteiger partial charge in [0.1, 0.15) is 0 Å². The lowest BCUT2D eigenvalue weighted by molar-refractivity contribution is 0.0659. The van der Waals surface area contributed by atoms with E-state index >= 15 is 0 Å². The maximum atomic E-state index is 13.0. The molecule has 1 N–H and O–H groups in total. The average molecular weight is 451 g/mol. The third-order valence-corrected chi connectivity index (χ3v) is 7.26. The number of H-pyrrole nitrogens is 1. The van der Waals surface area contributed by atoms with E-state index < -0.39 is 0 Å². The van der Waals surface area contributed by atoms with E-state index in [1.807, 2.05) is 10.7 Å². The maximum absolute atomic E-state index is 13.0. The molecule has 1 saturated heterocycles. The Morgan fingerprint density at radius 2 is 1.88 bits per heavy atom. The van der Waals surface area contributed by atoms with Crippen LogP contribution in [0.15, 0.2) is 23.0 Å². The van der Waals surface area contributed by atoms with Crippen LogP contribution in [0.3, 0.4) is 0 Å². The van der Waals surface area contributed by atoms with Crippen molar-refractivity contribution in [2.24, 2.45) is 0 Å². The van der Waals surface area contributed by atoms with E-state index in [1.165, 1.54) is 30.4 Å². The number of nitrogens with one attached hydrogen (secondary N) is 1. The molecule has 1 aliphatic carbocycles. The molecule has 1 aromatic carbocycles. The molecule has 1 unspecified atom stereocenters. The normalized spacial score (nSPS) is 19.7.